The van der Waals surface area contributed by atoms with Crippen LogP contribution in [0.25, 0.3) is 0 Å². The summed E-state index contributed by atoms with van der Waals surface area (Å²) in [5.74, 6) is 1.95. The van der Waals surface area contributed by atoms with Crippen LogP contribution in [-0.2, 0) is 5.88 Å². The first-order valence-corrected chi connectivity index (χ1v) is 7.09. The molecule has 3 heteroatoms. The number of hydrogen-bond acceptors (Lipinski definition) is 1. The zero-order valence-electron chi connectivity index (χ0n) is 11.0. The topological polar surface area (TPSA) is 20.3 Å². The second-order valence-electron chi connectivity index (χ2n) is 5.37. The lowest BCUT2D eigenvalue weighted by molar-refractivity contribution is 0.0784. The first-order valence-electron chi connectivity index (χ1n) is 6.56. The van der Waals surface area contributed by atoms with Gasteiger partial charge in [0.15, 0.2) is 0 Å². The molecule has 1 fully saturated rings. The smallest absolute Gasteiger partial charge is 0.253 e. The summed E-state index contributed by atoms with van der Waals surface area (Å²) in [5.41, 5.74) is 1.82. The predicted octanol–water partition coefficient (Wildman–Crippen LogP) is 3.54. The van der Waals surface area contributed by atoms with E-state index in [0.717, 1.165) is 30.6 Å². The maximum absolute atomic E-state index is 12.3. The second-order valence-corrected chi connectivity index (χ2v) is 5.64. The van der Waals surface area contributed by atoms with Gasteiger partial charge in [-0.2, -0.15) is 0 Å². The molecule has 1 heterocycles. The normalized spacial score (nSPS) is 19.6. The van der Waals surface area contributed by atoms with Crippen molar-refractivity contribution in [1.29, 1.82) is 0 Å². The molecule has 2 rings (SSSR count). The van der Waals surface area contributed by atoms with Gasteiger partial charge in [-0.3, -0.25) is 4.79 Å². The number of carbonyl (C=O) groups excluding carboxylic acids is 1. The number of nitrogens with zero attached hydrogens (tertiary/aromatic N) is 1. The average molecular weight is 266 g/mol. The first-order chi connectivity index (χ1) is 8.61. The quantitative estimate of drug-likeness (QED) is 0.766. The van der Waals surface area contributed by atoms with Crippen molar-refractivity contribution in [3.8, 4) is 0 Å². The fourth-order valence-corrected chi connectivity index (χ4v) is 2.61. The van der Waals surface area contributed by atoms with Crippen molar-refractivity contribution in [3.05, 3.63) is 35.4 Å². The van der Waals surface area contributed by atoms with Crippen LogP contribution in [0.3, 0.4) is 0 Å². The van der Waals surface area contributed by atoms with Gasteiger partial charge in [-0.1, -0.05) is 26.0 Å². The van der Waals surface area contributed by atoms with E-state index in [9.17, 15) is 4.79 Å². The molecule has 1 amide bonds. The van der Waals surface area contributed by atoms with Gasteiger partial charge in [-0.15, -0.1) is 11.6 Å². The summed E-state index contributed by atoms with van der Waals surface area (Å²) in [6, 6.07) is 7.61. The molecule has 1 aromatic rings. The van der Waals surface area contributed by atoms with Crippen molar-refractivity contribution in [3.63, 3.8) is 0 Å². The molecule has 0 aromatic heterocycles. The van der Waals surface area contributed by atoms with E-state index < -0.39 is 0 Å². The van der Waals surface area contributed by atoms with Crippen LogP contribution >= 0.6 is 11.6 Å². The standard InChI is InChI=1S/C15H20ClNO/c1-11(2)14-7-8-17(10-14)15(18)13-5-3-12(9-16)4-6-13/h3-6,11,14H,7-10H2,1-2H3. The van der Waals surface area contributed by atoms with Crippen LogP contribution in [0.15, 0.2) is 24.3 Å². The molecule has 1 saturated heterocycles. The highest BCUT2D eigenvalue weighted by Gasteiger charge is 2.28. The highest BCUT2D eigenvalue weighted by atomic mass is 35.5. The molecule has 1 aliphatic rings. The van der Waals surface area contributed by atoms with Crippen molar-refractivity contribution in [2.75, 3.05) is 13.1 Å². The van der Waals surface area contributed by atoms with E-state index in [1.807, 2.05) is 29.2 Å². The van der Waals surface area contributed by atoms with Crippen molar-refractivity contribution in [2.24, 2.45) is 11.8 Å². The van der Waals surface area contributed by atoms with Gasteiger partial charge < -0.3 is 4.90 Å². The van der Waals surface area contributed by atoms with E-state index in [2.05, 4.69) is 13.8 Å². The molecule has 0 radical (unpaired) electrons. The molecule has 0 spiro atoms. The fraction of sp³-hybridized carbons (Fsp3) is 0.533. The Morgan fingerprint density at radius 3 is 2.56 bits per heavy atom. The maximum Gasteiger partial charge on any atom is 0.253 e. The molecule has 0 bridgehead atoms. The summed E-state index contributed by atoms with van der Waals surface area (Å²) < 4.78 is 0. The van der Waals surface area contributed by atoms with Crippen LogP contribution in [0.4, 0.5) is 0 Å². The zero-order chi connectivity index (χ0) is 13.1. The molecule has 0 N–H and O–H groups in total. The molecule has 0 aliphatic carbocycles. The average Bonchev–Trinajstić information content (AvgIpc) is 2.88. The fourth-order valence-electron chi connectivity index (χ4n) is 2.43. The molecule has 1 unspecified atom stereocenters. The van der Waals surface area contributed by atoms with Crippen LogP contribution < -0.4 is 0 Å². The van der Waals surface area contributed by atoms with Crippen molar-refractivity contribution in [2.45, 2.75) is 26.1 Å². The molecular formula is C15H20ClNO. The van der Waals surface area contributed by atoms with Crippen molar-refractivity contribution in [1.82, 2.24) is 4.90 Å². The molecule has 1 atom stereocenters. The van der Waals surface area contributed by atoms with Crippen molar-refractivity contribution >= 4 is 17.5 Å². The Morgan fingerprint density at radius 2 is 2.06 bits per heavy atom. The zero-order valence-corrected chi connectivity index (χ0v) is 11.8. The Bertz CT molecular complexity index is 413. The number of likely N-dealkylation sites (tertiary alicyclic amines) is 1. The molecule has 1 aliphatic heterocycles. The van der Waals surface area contributed by atoms with E-state index in [4.69, 9.17) is 11.6 Å². The maximum atomic E-state index is 12.3. The number of rotatable bonds is 3. The van der Waals surface area contributed by atoms with Crippen LogP contribution in [0.1, 0.15) is 36.2 Å². The lowest BCUT2D eigenvalue weighted by Gasteiger charge is -2.18. The van der Waals surface area contributed by atoms with E-state index in [1.165, 1.54) is 0 Å². The molecule has 1 aromatic carbocycles. The van der Waals surface area contributed by atoms with Gasteiger partial charge in [-0.05, 0) is 36.0 Å². The van der Waals surface area contributed by atoms with Gasteiger partial charge in [0.1, 0.15) is 0 Å². The number of hydrogen-bond donors (Lipinski definition) is 0. The monoisotopic (exact) mass is 265 g/mol. The summed E-state index contributed by atoms with van der Waals surface area (Å²) >= 11 is 5.74. The van der Waals surface area contributed by atoms with Gasteiger partial charge in [0.2, 0.25) is 0 Å². The molecule has 0 saturated carbocycles. The number of halogens is 1. The summed E-state index contributed by atoms with van der Waals surface area (Å²) in [4.78, 5) is 14.3. The highest BCUT2D eigenvalue weighted by molar-refractivity contribution is 6.17. The number of carbonyl (C=O) groups is 1. The minimum atomic E-state index is 0.152. The molecule has 18 heavy (non-hydrogen) atoms. The number of benzene rings is 1. The minimum Gasteiger partial charge on any atom is -0.338 e. The van der Waals surface area contributed by atoms with Gasteiger partial charge in [0, 0.05) is 24.5 Å². The van der Waals surface area contributed by atoms with E-state index in [1.54, 1.807) is 0 Å². The van der Waals surface area contributed by atoms with E-state index in [-0.39, 0.29) is 5.91 Å². The Kier molecular flexibility index (Phi) is 4.28. The Hall–Kier alpha value is -1.02. The minimum absolute atomic E-state index is 0.152. The first kappa shape index (κ1) is 13.4. The van der Waals surface area contributed by atoms with Crippen LogP contribution in [0.5, 0.6) is 0 Å². The third-order valence-electron chi connectivity index (χ3n) is 3.81. The van der Waals surface area contributed by atoms with E-state index in [0.29, 0.717) is 17.7 Å². The summed E-state index contributed by atoms with van der Waals surface area (Å²) in [6.07, 6.45) is 1.13. The SMILES string of the molecule is CC(C)C1CCN(C(=O)c2ccc(CCl)cc2)C1. The Morgan fingerprint density at radius 1 is 1.39 bits per heavy atom. The highest BCUT2D eigenvalue weighted by Crippen LogP contribution is 2.25. The number of alkyl halides is 1. The summed E-state index contributed by atoms with van der Waals surface area (Å²) in [6.45, 7) is 6.24. The van der Waals surface area contributed by atoms with Gasteiger partial charge >= 0.3 is 0 Å². The largest absolute Gasteiger partial charge is 0.338 e. The lowest BCUT2D eigenvalue weighted by atomic mass is 9.95. The molecule has 2 nitrogen and oxygen atoms in total. The lowest BCUT2D eigenvalue weighted by Crippen LogP contribution is -2.29. The summed E-state index contributed by atoms with van der Waals surface area (Å²) in [7, 11) is 0. The second kappa shape index (κ2) is 5.75. The summed E-state index contributed by atoms with van der Waals surface area (Å²) in [5, 5.41) is 0. The van der Waals surface area contributed by atoms with Crippen LogP contribution in [-0.4, -0.2) is 23.9 Å². The third kappa shape index (κ3) is 2.86. The van der Waals surface area contributed by atoms with E-state index >= 15 is 0 Å². The van der Waals surface area contributed by atoms with Crippen LogP contribution in [0, 0.1) is 11.8 Å². The van der Waals surface area contributed by atoms with Crippen LogP contribution in [0.2, 0.25) is 0 Å². The Balaban J connectivity index is 2.03. The van der Waals surface area contributed by atoms with Gasteiger partial charge in [0.05, 0.1) is 0 Å². The third-order valence-corrected chi connectivity index (χ3v) is 4.12. The number of amides is 1. The Labute approximate surface area is 114 Å². The molecule has 98 valence electrons. The van der Waals surface area contributed by atoms with Crippen molar-refractivity contribution < 1.29 is 4.79 Å². The van der Waals surface area contributed by atoms with Gasteiger partial charge in [-0.25, -0.2) is 0 Å². The predicted molar refractivity (Wildman–Crippen MR) is 74.8 cm³/mol. The van der Waals surface area contributed by atoms with Gasteiger partial charge in [0.25, 0.3) is 5.91 Å². The molecular weight excluding hydrogens is 246 g/mol.